The summed E-state index contributed by atoms with van der Waals surface area (Å²) in [7, 11) is 0. The molecule has 1 unspecified atom stereocenters. The molecule has 2 aromatic rings. The zero-order valence-electron chi connectivity index (χ0n) is 10.0. The molecule has 1 atom stereocenters. The van der Waals surface area contributed by atoms with Gasteiger partial charge in [0, 0.05) is 10.8 Å². The fourth-order valence-corrected chi connectivity index (χ4v) is 3.00. The SMILES string of the molecule is Cc1ccc(C(CCl)CCc2cccs2)cc1. The lowest BCUT2D eigenvalue weighted by Crippen LogP contribution is -2.02. The fourth-order valence-electron chi connectivity index (χ4n) is 1.94. The van der Waals surface area contributed by atoms with Crippen LogP contribution in [0.3, 0.4) is 0 Å². The molecule has 0 radical (unpaired) electrons. The topological polar surface area (TPSA) is 0 Å². The van der Waals surface area contributed by atoms with E-state index in [0.717, 1.165) is 12.8 Å². The Kier molecular flexibility index (Phi) is 4.64. The number of hydrogen-bond donors (Lipinski definition) is 0. The summed E-state index contributed by atoms with van der Waals surface area (Å²) in [5.41, 5.74) is 2.67. The van der Waals surface area contributed by atoms with E-state index in [1.807, 2.05) is 11.3 Å². The Hall–Kier alpha value is -0.790. The third-order valence-corrected chi connectivity index (χ3v) is 4.36. The Morgan fingerprint density at radius 1 is 1.18 bits per heavy atom. The summed E-state index contributed by atoms with van der Waals surface area (Å²) in [5.74, 6) is 1.17. The second-order valence-corrected chi connectivity index (χ2v) is 5.72. The van der Waals surface area contributed by atoms with Gasteiger partial charge in [-0.1, -0.05) is 35.9 Å². The van der Waals surface area contributed by atoms with Crippen LogP contribution in [0.4, 0.5) is 0 Å². The first-order chi connectivity index (χ1) is 8.29. The van der Waals surface area contributed by atoms with Crippen LogP contribution in [0.1, 0.15) is 28.3 Å². The number of alkyl halides is 1. The average Bonchev–Trinajstić information content (AvgIpc) is 2.85. The number of benzene rings is 1. The highest BCUT2D eigenvalue weighted by atomic mass is 35.5. The molecule has 0 saturated carbocycles. The van der Waals surface area contributed by atoms with Gasteiger partial charge in [0.1, 0.15) is 0 Å². The number of thiophene rings is 1. The minimum absolute atomic E-state index is 0.472. The molecule has 17 heavy (non-hydrogen) atoms. The van der Waals surface area contributed by atoms with Gasteiger partial charge in [0.25, 0.3) is 0 Å². The van der Waals surface area contributed by atoms with Crippen molar-refractivity contribution in [1.82, 2.24) is 0 Å². The first-order valence-corrected chi connectivity index (χ1v) is 7.36. The lowest BCUT2D eigenvalue weighted by atomic mass is 9.95. The summed E-state index contributed by atoms with van der Waals surface area (Å²) < 4.78 is 0. The molecule has 0 aliphatic rings. The van der Waals surface area contributed by atoms with Gasteiger partial charge in [0.15, 0.2) is 0 Å². The minimum atomic E-state index is 0.472. The maximum atomic E-state index is 6.09. The summed E-state index contributed by atoms with van der Waals surface area (Å²) in [6, 6.07) is 13.1. The standard InChI is InChI=1S/C15H17ClS/c1-12-4-6-13(7-5-12)14(11-16)8-9-15-3-2-10-17-15/h2-7,10,14H,8-9,11H2,1H3. The third-order valence-electron chi connectivity index (χ3n) is 3.05. The van der Waals surface area contributed by atoms with Crippen LogP contribution in [0.25, 0.3) is 0 Å². The van der Waals surface area contributed by atoms with Crippen LogP contribution in [0.2, 0.25) is 0 Å². The smallest absolute Gasteiger partial charge is 0.0292 e. The molecule has 1 heterocycles. The lowest BCUT2D eigenvalue weighted by Gasteiger charge is -2.14. The van der Waals surface area contributed by atoms with Crippen LogP contribution in [-0.4, -0.2) is 5.88 Å². The average molecular weight is 265 g/mol. The first-order valence-electron chi connectivity index (χ1n) is 5.94. The van der Waals surface area contributed by atoms with E-state index in [-0.39, 0.29) is 0 Å². The van der Waals surface area contributed by atoms with E-state index in [1.54, 1.807) is 0 Å². The molecule has 0 amide bonds. The Balaban J connectivity index is 1.99. The van der Waals surface area contributed by atoms with E-state index < -0.39 is 0 Å². The Morgan fingerprint density at radius 2 is 1.94 bits per heavy atom. The summed E-state index contributed by atoms with van der Waals surface area (Å²) in [4.78, 5) is 1.45. The Morgan fingerprint density at radius 3 is 2.53 bits per heavy atom. The van der Waals surface area contributed by atoms with Crippen molar-refractivity contribution in [3.8, 4) is 0 Å². The van der Waals surface area contributed by atoms with Crippen molar-refractivity contribution in [2.24, 2.45) is 0 Å². The van der Waals surface area contributed by atoms with Crippen LogP contribution in [0.5, 0.6) is 0 Å². The molecule has 0 nitrogen and oxygen atoms in total. The van der Waals surface area contributed by atoms with Crippen LogP contribution in [0, 0.1) is 6.92 Å². The number of aryl methyl sites for hydroxylation is 2. The van der Waals surface area contributed by atoms with Crippen molar-refractivity contribution in [2.45, 2.75) is 25.7 Å². The van der Waals surface area contributed by atoms with Crippen LogP contribution >= 0.6 is 22.9 Å². The highest BCUT2D eigenvalue weighted by Crippen LogP contribution is 2.24. The molecule has 1 aromatic heterocycles. The summed E-state index contributed by atoms with van der Waals surface area (Å²) in [6.45, 7) is 2.12. The van der Waals surface area contributed by atoms with Gasteiger partial charge in [-0.15, -0.1) is 22.9 Å². The number of halogens is 1. The van der Waals surface area contributed by atoms with Gasteiger partial charge in [0.05, 0.1) is 0 Å². The van der Waals surface area contributed by atoms with Crippen LogP contribution in [0.15, 0.2) is 41.8 Å². The van der Waals surface area contributed by atoms with Gasteiger partial charge in [-0.05, 0) is 42.7 Å². The summed E-state index contributed by atoms with van der Waals surface area (Å²) >= 11 is 7.92. The molecule has 0 fully saturated rings. The zero-order valence-corrected chi connectivity index (χ0v) is 11.6. The van der Waals surface area contributed by atoms with E-state index >= 15 is 0 Å². The molecule has 2 heteroatoms. The molecule has 1 aromatic carbocycles. The largest absolute Gasteiger partial charge is 0.149 e. The van der Waals surface area contributed by atoms with E-state index in [9.17, 15) is 0 Å². The van der Waals surface area contributed by atoms with Gasteiger partial charge < -0.3 is 0 Å². The maximum absolute atomic E-state index is 6.09. The van der Waals surface area contributed by atoms with Crippen molar-refractivity contribution in [3.63, 3.8) is 0 Å². The monoisotopic (exact) mass is 264 g/mol. The molecular formula is C15H17ClS. The molecule has 0 aliphatic carbocycles. The van der Waals surface area contributed by atoms with Crippen LogP contribution in [-0.2, 0) is 6.42 Å². The van der Waals surface area contributed by atoms with E-state index in [1.165, 1.54) is 16.0 Å². The molecular weight excluding hydrogens is 248 g/mol. The highest BCUT2D eigenvalue weighted by Gasteiger charge is 2.10. The second kappa shape index (κ2) is 6.23. The minimum Gasteiger partial charge on any atom is -0.149 e. The molecule has 90 valence electrons. The van der Waals surface area contributed by atoms with E-state index in [2.05, 4.69) is 48.7 Å². The predicted molar refractivity (Wildman–Crippen MR) is 77.3 cm³/mol. The van der Waals surface area contributed by atoms with Gasteiger partial charge in [-0.3, -0.25) is 0 Å². The molecule has 0 bridgehead atoms. The van der Waals surface area contributed by atoms with E-state index in [0.29, 0.717) is 11.8 Å². The van der Waals surface area contributed by atoms with Gasteiger partial charge in [-0.2, -0.15) is 0 Å². The quantitative estimate of drug-likeness (QED) is 0.666. The van der Waals surface area contributed by atoms with Crippen molar-refractivity contribution in [1.29, 1.82) is 0 Å². The number of hydrogen-bond acceptors (Lipinski definition) is 1. The fraction of sp³-hybridized carbons (Fsp3) is 0.333. The molecule has 0 saturated heterocycles. The van der Waals surface area contributed by atoms with Crippen molar-refractivity contribution < 1.29 is 0 Å². The maximum Gasteiger partial charge on any atom is 0.0292 e. The Labute approximate surface area is 112 Å². The zero-order chi connectivity index (χ0) is 12.1. The first kappa shape index (κ1) is 12.7. The predicted octanol–water partition coefficient (Wildman–Crippen LogP) is 5.01. The third kappa shape index (κ3) is 3.58. The molecule has 0 N–H and O–H groups in total. The van der Waals surface area contributed by atoms with Gasteiger partial charge in [0.2, 0.25) is 0 Å². The second-order valence-electron chi connectivity index (χ2n) is 4.38. The summed E-state index contributed by atoms with van der Waals surface area (Å²) in [6.07, 6.45) is 2.26. The van der Waals surface area contributed by atoms with Gasteiger partial charge in [-0.25, -0.2) is 0 Å². The highest BCUT2D eigenvalue weighted by molar-refractivity contribution is 7.09. The van der Waals surface area contributed by atoms with Gasteiger partial charge >= 0.3 is 0 Å². The summed E-state index contributed by atoms with van der Waals surface area (Å²) in [5, 5.41) is 2.14. The van der Waals surface area contributed by atoms with Crippen molar-refractivity contribution in [3.05, 3.63) is 57.8 Å². The molecule has 0 spiro atoms. The lowest BCUT2D eigenvalue weighted by molar-refractivity contribution is 0.690. The van der Waals surface area contributed by atoms with Crippen molar-refractivity contribution in [2.75, 3.05) is 5.88 Å². The number of rotatable bonds is 5. The molecule has 2 rings (SSSR count). The van der Waals surface area contributed by atoms with Crippen LogP contribution < -0.4 is 0 Å². The normalized spacial score (nSPS) is 12.6. The molecule has 0 aliphatic heterocycles. The van der Waals surface area contributed by atoms with E-state index in [4.69, 9.17) is 11.6 Å². The Bertz CT molecular complexity index is 430. The van der Waals surface area contributed by atoms with Crippen molar-refractivity contribution >= 4 is 22.9 Å².